The Bertz CT molecular complexity index is 998. The van der Waals surface area contributed by atoms with Gasteiger partial charge in [0.15, 0.2) is 0 Å². The van der Waals surface area contributed by atoms with E-state index in [4.69, 9.17) is 0 Å². The highest BCUT2D eigenvalue weighted by Crippen LogP contribution is 2.31. The molecule has 0 bridgehead atoms. The predicted molar refractivity (Wildman–Crippen MR) is 90.9 cm³/mol. The first-order valence-corrected chi connectivity index (χ1v) is 7.78. The van der Waals surface area contributed by atoms with Crippen LogP contribution in [0.15, 0.2) is 48.8 Å². The van der Waals surface area contributed by atoms with Gasteiger partial charge in [-0.15, -0.1) is 5.10 Å². The van der Waals surface area contributed by atoms with Crippen LogP contribution in [0.1, 0.15) is 19.9 Å². The summed E-state index contributed by atoms with van der Waals surface area (Å²) in [5, 5.41) is 8.40. The van der Waals surface area contributed by atoms with Gasteiger partial charge in [-0.05, 0) is 50.2 Å². The molecule has 0 fully saturated rings. The number of fused-ring (bicyclic) bond motifs is 1. The quantitative estimate of drug-likeness (QED) is 0.615. The number of aromatic amines is 1. The number of hydrogen-bond acceptors (Lipinski definition) is 3. The molecule has 2 aromatic heterocycles. The lowest BCUT2D eigenvalue weighted by Crippen LogP contribution is -2.02. The largest absolute Gasteiger partial charge is 0.344 e. The van der Waals surface area contributed by atoms with Gasteiger partial charge in [0.05, 0.1) is 23.2 Å². The van der Waals surface area contributed by atoms with Gasteiger partial charge in [0.1, 0.15) is 11.3 Å². The van der Waals surface area contributed by atoms with Crippen molar-refractivity contribution in [2.45, 2.75) is 19.9 Å². The van der Waals surface area contributed by atoms with Gasteiger partial charge in [0, 0.05) is 17.2 Å². The Morgan fingerprint density at radius 3 is 2.54 bits per heavy atom. The van der Waals surface area contributed by atoms with Crippen molar-refractivity contribution >= 4 is 11.0 Å². The van der Waals surface area contributed by atoms with Crippen LogP contribution in [-0.2, 0) is 0 Å². The van der Waals surface area contributed by atoms with E-state index in [1.807, 2.05) is 22.9 Å². The maximum absolute atomic E-state index is 13.2. The number of benzene rings is 2. The Balaban J connectivity index is 1.85. The maximum Gasteiger partial charge on any atom is 0.123 e. The fourth-order valence-electron chi connectivity index (χ4n) is 2.81. The third-order valence-corrected chi connectivity index (χ3v) is 4.01. The van der Waals surface area contributed by atoms with Gasteiger partial charge in [-0.3, -0.25) is 0 Å². The lowest BCUT2D eigenvalue weighted by atomic mass is 10.0. The van der Waals surface area contributed by atoms with Crippen molar-refractivity contribution in [3.63, 3.8) is 0 Å². The first kappa shape index (κ1) is 14.6. The second-order valence-corrected chi connectivity index (χ2v) is 5.96. The highest BCUT2D eigenvalue weighted by Gasteiger charge is 2.14. The molecular weight excluding hydrogens is 305 g/mol. The molecule has 5 nitrogen and oxygen atoms in total. The standard InChI is InChI=1S/C18H16FN5/c1-11(2)24-16-9-13(5-8-15(16)22-23-24)18-17(20-10-21-18)12-3-6-14(19)7-4-12/h3-11H,1-2H3,(H,20,21). The molecule has 4 aromatic rings. The smallest absolute Gasteiger partial charge is 0.123 e. The third-order valence-electron chi connectivity index (χ3n) is 4.01. The zero-order valence-electron chi connectivity index (χ0n) is 13.4. The fourth-order valence-corrected chi connectivity index (χ4v) is 2.81. The third kappa shape index (κ3) is 2.36. The van der Waals surface area contributed by atoms with Gasteiger partial charge < -0.3 is 4.98 Å². The van der Waals surface area contributed by atoms with E-state index in [1.165, 1.54) is 12.1 Å². The Kier molecular flexibility index (Phi) is 3.37. The van der Waals surface area contributed by atoms with Crippen molar-refractivity contribution < 1.29 is 4.39 Å². The average molecular weight is 321 g/mol. The molecule has 0 saturated heterocycles. The second-order valence-electron chi connectivity index (χ2n) is 5.96. The highest BCUT2D eigenvalue weighted by molar-refractivity contribution is 5.85. The molecule has 0 aliphatic rings. The Morgan fingerprint density at radius 1 is 1.04 bits per heavy atom. The summed E-state index contributed by atoms with van der Waals surface area (Å²) in [4.78, 5) is 7.60. The molecule has 0 radical (unpaired) electrons. The second kappa shape index (κ2) is 5.56. The molecule has 1 N–H and O–H groups in total. The summed E-state index contributed by atoms with van der Waals surface area (Å²) < 4.78 is 15.1. The van der Waals surface area contributed by atoms with E-state index >= 15 is 0 Å². The highest BCUT2D eigenvalue weighted by atomic mass is 19.1. The van der Waals surface area contributed by atoms with Crippen LogP contribution < -0.4 is 0 Å². The lowest BCUT2D eigenvalue weighted by Gasteiger charge is -2.07. The molecule has 0 aliphatic heterocycles. The number of halogens is 1. The summed E-state index contributed by atoms with van der Waals surface area (Å²) in [6.45, 7) is 4.14. The van der Waals surface area contributed by atoms with Crippen molar-refractivity contribution in [2.75, 3.05) is 0 Å². The molecule has 0 atom stereocenters. The van der Waals surface area contributed by atoms with Crippen LogP contribution in [0.2, 0.25) is 0 Å². The Hall–Kier alpha value is -3.02. The van der Waals surface area contributed by atoms with E-state index in [1.54, 1.807) is 18.5 Å². The molecule has 4 rings (SSSR count). The van der Waals surface area contributed by atoms with Crippen LogP contribution in [0, 0.1) is 5.82 Å². The van der Waals surface area contributed by atoms with Crippen molar-refractivity contribution in [3.05, 3.63) is 54.6 Å². The maximum atomic E-state index is 13.2. The van der Waals surface area contributed by atoms with Crippen LogP contribution >= 0.6 is 0 Å². The topological polar surface area (TPSA) is 59.4 Å². The van der Waals surface area contributed by atoms with Gasteiger partial charge in [-0.1, -0.05) is 11.3 Å². The van der Waals surface area contributed by atoms with E-state index in [0.29, 0.717) is 0 Å². The minimum absolute atomic E-state index is 0.223. The van der Waals surface area contributed by atoms with Crippen molar-refractivity contribution in [2.24, 2.45) is 0 Å². The molecule has 2 aromatic carbocycles. The summed E-state index contributed by atoms with van der Waals surface area (Å²) in [7, 11) is 0. The summed E-state index contributed by atoms with van der Waals surface area (Å²) in [5.74, 6) is -0.256. The number of H-pyrrole nitrogens is 1. The van der Waals surface area contributed by atoms with Crippen molar-refractivity contribution in [1.29, 1.82) is 0 Å². The number of imidazole rings is 1. The first-order valence-electron chi connectivity index (χ1n) is 7.78. The number of hydrogen-bond donors (Lipinski definition) is 1. The van der Waals surface area contributed by atoms with Gasteiger partial charge in [-0.2, -0.15) is 0 Å². The molecular formula is C18H16FN5. The molecule has 6 heteroatoms. The molecule has 0 amide bonds. The summed E-state index contributed by atoms with van der Waals surface area (Å²) >= 11 is 0. The fraction of sp³-hybridized carbons (Fsp3) is 0.167. The predicted octanol–water partition coefficient (Wildman–Crippen LogP) is 4.21. The van der Waals surface area contributed by atoms with Crippen molar-refractivity contribution in [3.8, 4) is 22.5 Å². The molecule has 24 heavy (non-hydrogen) atoms. The molecule has 0 unspecified atom stereocenters. The Morgan fingerprint density at radius 2 is 1.79 bits per heavy atom. The van der Waals surface area contributed by atoms with Crippen molar-refractivity contribution in [1.82, 2.24) is 25.0 Å². The van der Waals surface area contributed by atoms with E-state index in [0.717, 1.165) is 33.5 Å². The van der Waals surface area contributed by atoms with Crippen LogP contribution in [0.25, 0.3) is 33.5 Å². The van der Waals surface area contributed by atoms with Gasteiger partial charge in [-0.25, -0.2) is 14.1 Å². The number of nitrogens with zero attached hydrogens (tertiary/aromatic N) is 4. The number of rotatable bonds is 3. The van der Waals surface area contributed by atoms with E-state index in [-0.39, 0.29) is 11.9 Å². The van der Waals surface area contributed by atoms with Gasteiger partial charge in [0.25, 0.3) is 0 Å². The monoisotopic (exact) mass is 321 g/mol. The van der Waals surface area contributed by atoms with Gasteiger partial charge in [0.2, 0.25) is 0 Å². The number of aromatic nitrogens is 5. The molecule has 0 spiro atoms. The van der Waals surface area contributed by atoms with E-state index < -0.39 is 0 Å². The molecule has 0 aliphatic carbocycles. The van der Waals surface area contributed by atoms with Gasteiger partial charge >= 0.3 is 0 Å². The summed E-state index contributed by atoms with van der Waals surface area (Å²) in [5.41, 5.74) is 5.35. The van der Waals surface area contributed by atoms with E-state index in [9.17, 15) is 4.39 Å². The minimum Gasteiger partial charge on any atom is -0.344 e. The number of nitrogens with one attached hydrogen (secondary N) is 1. The summed E-state index contributed by atoms with van der Waals surface area (Å²) in [6, 6.07) is 12.6. The molecule has 0 saturated carbocycles. The van der Waals surface area contributed by atoms with Crippen LogP contribution in [0.4, 0.5) is 4.39 Å². The van der Waals surface area contributed by atoms with E-state index in [2.05, 4.69) is 34.1 Å². The lowest BCUT2D eigenvalue weighted by molar-refractivity contribution is 0.530. The summed E-state index contributed by atoms with van der Waals surface area (Å²) in [6.07, 6.45) is 1.65. The Labute approximate surface area is 138 Å². The normalized spacial score (nSPS) is 11.5. The first-order chi connectivity index (χ1) is 11.6. The van der Waals surface area contributed by atoms with Crippen LogP contribution in [0.5, 0.6) is 0 Å². The molecule has 120 valence electrons. The zero-order valence-corrected chi connectivity index (χ0v) is 13.4. The SMILES string of the molecule is CC(C)n1nnc2ccc(-c3nc[nH]c3-c3ccc(F)cc3)cc21. The van der Waals surface area contributed by atoms with Crippen LogP contribution in [0.3, 0.4) is 0 Å². The average Bonchev–Trinajstić information content (AvgIpc) is 3.21. The zero-order chi connectivity index (χ0) is 16.7. The van der Waals surface area contributed by atoms with Crippen LogP contribution in [-0.4, -0.2) is 25.0 Å². The minimum atomic E-state index is -0.256. The molecule has 2 heterocycles.